The van der Waals surface area contributed by atoms with Crippen molar-refractivity contribution in [2.24, 2.45) is 28.6 Å². The van der Waals surface area contributed by atoms with Crippen molar-refractivity contribution in [2.45, 2.75) is 64.6 Å². The summed E-state index contributed by atoms with van der Waals surface area (Å²) in [6.45, 7) is 4.76. The number of hydrogen-bond acceptors (Lipinski definition) is 5. The van der Waals surface area contributed by atoms with Crippen LogP contribution in [0.2, 0.25) is 0 Å². The van der Waals surface area contributed by atoms with Gasteiger partial charge in [-0.05, 0) is 67.6 Å². The fourth-order valence-electron chi connectivity index (χ4n) is 6.96. The van der Waals surface area contributed by atoms with Gasteiger partial charge >= 0.3 is 5.97 Å². The number of esters is 1. The van der Waals surface area contributed by atoms with Gasteiger partial charge in [0.1, 0.15) is 11.8 Å². The summed E-state index contributed by atoms with van der Waals surface area (Å²) in [4.78, 5) is 35.8. The number of ketones is 2. The molecular weight excluding hydrogens is 375 g/mol. The van der Waals surface area contributed by atoms with Crippen LogP contribution in [0.3, 0.4) is 0 Å². The van der Waals surface area contributed by atoms with Gasteiger partial charge < -0.3 is 9.84 Å². The van der Waals surface area contributed by atoms with Gasteiger partial charge in [-0.15, -0.1) is 0 Å². The van der Waals surface area contributed by atoms with Gasteiger partial charge in [0, 0.05) is 17.8 Å². The lowest BCUT2D eigenvalue weighted by Gasteiger charge is -2.58. The van der Waals surface area contributed by atoms with Gasteiger partial charge in [-0.3, -0.25) is 14.4 Å². The standard InChI is InChI=1S/C23H29FO5/c1-13(25)29-12-20(27)23(28)9-6-17-15-11-19(24)18-10-14(26)4-7-21(18,2)16(15)5-8-22(17,23)3/h4,7,10,15-17,19,28H,5-6,8-9,11-12H2,1-3H3/t15-,16+,17+,19+,21-,22+,23+/m1/s1. The minimum Gasteiger partial charge on any atom is -0.458 e. The van der Waals surface area contributed by atoms with Crippen LogP contribution in [0.4, 0.5) is 4.39 Å². The number of alkyl halides is 1. The number of rotatable bonds is 3. The normalized spacial score (nSPS) is 45.7. The van der Waals surface area contributed by atoms with E-state index in [0.29, 0.717) is 31.3 Å². The first-order valence-corrected chi connectivity index (χ1v) is 10.5. The van der Waals surface area contributed by atoms with Gasteiger partial charge in [0.25, 0.3) is 0 Å². The number of allylic oxidation sites excluding steroid dienone is 4. The second-order valence-corrected chi connectivity index (χ2v) is 9.76. The number of Topliss-reactive ketones (excluding diaryl/α,β-unsaturated/α-hetero) is 1. The Morgan fingerprint density at radius 3 is 2.62 bits per heavy atom. The Hall–Kier alpha value is -1.82. The van der Waals surface area contributed by atoms with Gasteiger partial charge in [0.15, 0.2) is 12.4 Å². The first kappa shape index (κ1) is 20.5. The molecule has 3 saturated carbocycles. The van der Waals surface area contributed by atoms with E-state index in [4.69, 9.17) is 4.74 Å². The Morgan fingerprint density at radius 2 is 1.93 bits per heavy atom. The van der Waals surface area contributed by atoms with E-state index in [1.54, 1.807) is 6.08 Å². The highest BCUT2D eigenvalue weighted by molar-refractivity contribution is 6.01. The molecule has 0 aromatic carbocycles. The SMILES string of the molecule is CC(=O)OCC(=O)[C@@]1(O)CC[C@H]2[C@@H]3C[C@H](F)C4=CC(=O)C=C[C@]4(C)[C@H]3CC[C@@]21C. The number of carbonyl (C=O) groups is 3. The zero-order valence-electron chi connectivity index (χ0n) is 17.2. The third-order valence-corrected chi connectivity index (χ3v) is 8.56. The zero-order chi connectivity index (χ0) is 21.2. The number of halogens is 1. The molecule has 158 valence electrons. The molecule has 3 fully saturated rings. The minimum atomic E-state index is -1.56. The third-order valence-electron chi connectivity index (χ3n) is 8.56. The monoisotopic (exact) mass is 404 g/mol. The highest BCUT2D eigenvalue weighted by Gasteiger charge is 2.66. The highest BCUT2D eigenvalue weighted by atomic mass is 19.1. The molecule has 0 radical (unpaired) electrons. The Balaban J connectivity index is 1.65. The van der Waals surface area contributed by atoms with Crippen molar-refractivity contribution in [3.63, 3.8) is 0 Å². The van der Waals surface area contributed by atoms with Gasteiger partial charge in [-0.25, -0.2) is 4.39 Å². The molecule has 4 aliphatic rings. The van der Waals surface area contributed by atoms with Crippen LogP contribution in [0.15, 0.2) is 23.8 Å². The van der Waals surface area contributed by atoms with Crippen LogP contribution >= 0.6 is 0 Å². The van der Waals surface area contributed by atoms with Crippen molar-refractivity contribution in [3.05, 3.63) is 23.8 Å². The molecular formula is C23H29FO5. The van der Waals surface area contributed by atoms with Crippen molar-refractivity contribution in [1.82, 2.24) is 0 Å². The number of hydrogen-bond donors (Lipinski definition) is 1. The maximum absolute atomic E-state index is 15.2. The quantitative estimate of drug-likeness (QED) is 0.731. The maximum Gasteiger partial charge on any atom is 0.303 e. The van der Waals surface area contributed by atoms with E-state index in [1.165, 1.54) is 13.0 Å². The first-order valence-electron chi connectivity index (χ1n) is 10.5. The number of fused-ring (bicyclic) bond motifs is 5. The van der Waals surface area contributed by atoms with Gasteiger partial charge in [-0.2, -0.15) is 0 Å². The number of carbonyl (C=O) groups excluding carboxylic acids is 3. The molecule has 0 unspecified atom stereocenters. The Kier molecular flexibility index (Phi) is 4.65. The van der Waals surface area contributed by atoms with E-state index < -0.39 is 41.0 Å². The molecule has 4 aliphatic carbocycles. The highest BCUT2D eigenvalue weighted by Crippen LogP contribution is 2.67. The lowest BCUT2D eigenvalue weighted by Crippen LogP contribution is -2.59. The van der Waals surface area contributed by atoms with Gasteiger partial charge in [0.05, 0.1) is 0 Å². The van der Waals surface area contributed by atoms with Crippen molar-refractivity contribution in [1.29, 1.82) is 0 Å². The fourth-order valence-corrected chi connectivity index (χ4v) is 6.96. The first-order chi connectivity index (χ1) is 13.5. The average Bonchev–Trinajstić information content (AvgIpc) is 2.94. The molecule has 0 spiro atoms. The molecule has 0 aromatic rings. The zero-order valence-corrected chi connectivity index (χ0v) is 17.2. The summed E-state index contributed by atoms with van der Waals surface area (Å²) in [6, 6.07) is 0. The molecule has 0 bridgehead atoms. The fraction of sp³-hybridized carbons (Fsp3) is 0.696. The summed E-state index contributed by atoms with van der Waals surface area (Å²) in [7, 11) is 0. The van der Waals surface area contributed by atoms with E-state index >= 15 is 4.39 Å². The second kappa shape index (κ2) is 6.59. The summed E-state index contributed by atoms with van der Waals surface area (Å²) in [5, 5.41) is 11.4. The lowest BCUT2D eigenvalue weighted by molar-refractivity contribution is -0.169. The summed E-state index contributed by atoms with van der Waals surface area (Å²) in [5.41, 5.74) is -2.15. The molecule has 0 amide bonds. The minimum absolute atomic E-state index is 0.00943. The van der Waals surface area contributed by atoms with E-state index in [0.717, 1.165) is 6.42 Å². The largest absolute Gasteiger partial charge is 0.458 e. The van der Waals surface area contributed by atoms with Gasteiger partial charge in [0.2, 0.25) is 5.78 Å². The molecule has 7 atom stereocenters. The van der Waals surface area contributed by atoms with Crippen LogP contribution in [0.1, 0.15) is 52.9 Å². The third kappa shape index (κ3) is 2.78. The molecule has 0 aromatic heterocycles. The molecule has 29 heavy (non-hydrogen) atoms. The van der Waals surface area contributed by atoms with Crippen molar-refractivity contribution in [2.75, 3.05) is 6.61 Å². The van der Waals surface area contributed by atoms with Crippen molar-refractivity contribution in [3.8, 4) is 0 Å². The molecule has 5 nitrogen and oxygen atoms in total. The van der Waals surface area contributed by atoms with Crippen LogP contribution in [-0.4, -0.2) is 41.0 Å². The lowest BCUT2D eigenvalue weighted by atomic mass is 9.47. The average molecular weight is 404 g/mol. The summed E-state index contributed by atoms with van der Waals surface area (Å²) in [5.74, 6) is -0.961. The van der Waals surface area contributed by atoms with E-state index in [1.807, 2.05) is 19.9 Å². The Bertz CT molecular complexity index is 831. The van der Waals surface area contributed by atoms with Crippen LogP contribution in [0.5, 0.6) is 0 Å². The smallest absolute Gasteiger partial charge is 0.303 e. The molecule has 0 heterocycles. The second-order valence-electron chi connectivity index (χ2n) is 9.76. The molecule has 0 aliphatic heterocycles. The molecule has 4 rings (SSSR count). The molecule has 1 N–H and O–H groups in total. The topological polar surface area (TPSA) is 80.7 Å². The van der Waals surface area contributed by atoms with Crippen LogP contribution in [0.25, 0.3) is 0 Å². The van der Waals surface area contributed by atoms with E-state index in [2.05, 4.69) is 0 Å². The van der Waals surface area contributed by atoms with Gasteiger partial charge in [-0.1, -0.05) is 19.9 Å². The Labute approximate surface area is 170 Å². The maximum atomic E-state index is 15.2. The van der Waals surface area contributed by atoms with Crippen LogP contribution in [0, 0.1) is 28.6 Å². The van der Waals surface area contributed by atoms with E-state index in [9.17, 15) is 19.5 Å². The number of ether oxygens (including phenoxy) is 1. The van der Waals surface area contributed by atoms with Crippen molar-refractivity contribution >= 4 is 17.5 Å². The van der Waals surface area contributed by atoms with Crippen LogP contribution in [-0.2, 0) is 19.1 Å². The van der Waals surface area contributed by atoms with E-state index in [-0.39, 0.29) is 23.5 Å². The predicted molar refractivity (Wildman–Crippen MR) is 103 cm³/mol. The molecule has 6 heteroatoms. The predicted octanol–water partition coefficient (Wildman–Crippen LogP) is 3.11. The summed E-state index contributed by atoms with van der Waals surface area (Å²) >= 11 is 0. The summed E-state index contributed by atoms with van der Waals surface area (Å²) < 4.78 is 20.1. The van der Waals surface area contributed by atoms with Crippen LogP contribution < -0.4 is 0 Å². The summed E-state index contributed by atoms with van der Waals surface area (Å²) in [6.07, 6.45) is 6.34. The van der Waals surface area contributed by atoms with Crippen molar-refractivity contribution < 1.29 is 28.6 Å². The molecule has 0 saturated heterocycles. The number of aliphatic hydroxyl groups is 1. The Morgan fingerprint density at radius 1 is 1.24 bits per heavy atom.